The molecule has 21 heavy (non-hydrogen) atoms. The SMILES string of the molecule is CCOC(=O)CC(NC(=O)[C@H](C)N)c1ccccc1C.Cl. The molecule has 0 saturated carbocycles. The van der Waals surface area contributed by atoms with E-state index in [1.807, 2.05) is 31.2 Å². The predicted molar refractivity (Wildman–Crippen MR) is 84.2 cm³/mol. The number of benzene rings is 1. The maximum absolute atomic E-state index is 11.8. The minimum atomic E-state index is -0.622. The fourth-order valence-electron chi connectivity index (χ4n) is 1.91. The van der Waals surface area contributed by atoms with Gasteiger partial charge in [-0.05, 0) is 31.9 Å². The van der Waals surface area contributed by atoms with Crippen molar-refractivity contribution < 1.29 is 14.3 Å². The normalized spacial score (nSPS) is 12.8. The molecule has 5 nitrogen and oxygen atoms in total. The van der Waals surface area contributed by atoms with Crippen molar-refractivity contribution in [3.63, 3.8) is 0 Å². The van der Waals surface area contributed by atoms with Gasteiger partial charge in [-0.25, -0.2) is 0 Å². The minimum absolute atomic E-state index is 0. The number of ether oxygens (including phenoxy) is 1. The average Bonchev–Trinajstić information content (AvgIpc) is 2.38. The first-order valence-electron chi connectivity index (χ1n) is 6.72. The third-order valence-electron chi connectivity index (χ3n) is 2.97. The monoisotopic (exact) mass is 314 g/mol. The first kappa shape index (κ1) is 19.4. The predicted octanol–water partition coefficient (Wildman–Crippen LogP) is 1.87. The number of halogens is 1. The van der Waals surface area contributed by atoms with Crippen LogP contribution < -0.4 is 11.1 Å². The number of rotatable bonds is 6. The highest BCUT2D eigenvalue weighted by atomic mass is 35.5. The third-order valence-corrected chi connectivity index (χ3v) is 2.97. The number of nitrogens with one attached hydrogen (secondary N) is 1. The summed E-state index contributed by atoms with van der Waals surface area (Å²) in [6.07, 6.45) is 0.0944. The van der Waals surface area contributed by atoms with E-state index < -0.39 is 12.1 Å². The molecule has 1 aromatic carbocycles. The Kier molecular flexibility index (Phi) is 8.66. The smallest absolute Gasteiger partial charge is 0.308 e. The lowest BCUT2D eigenvalue weighted by molar-refractivity contribution is -0.143. The Morgan fingerprint density at radius 1 is 1.33 bits per heavy atom. The van der Waals surface area contributed by atoms with Gasteiger partial charge in [0.05, 0.1) is 25.1 Å². The minimum Gasteiger partial charge on any atom is -0.466 e. The summed E-state index contributed by atoms with van der Waals surface area (Å²) in [5, 5.41) is 2.80. The molecule has 1 aromatic rings. The molecule has 2 atom stereocenters. The quantitative estimate of drug-likeness (QED) is 0.785. The summed E-state index contributed by atoms with van der Waals surface area (Å²) in [7, 11) is 0. The van der Waals surface area contributed by atoms with E-state index in [1.54, 1.807) is 13.8 Å². The number of esters is 1. The second-order valence-electron chi connectivity index (χ2n) is 4.72. The van der Waals surface area contributed by atoms with Crippen LogP contribution in [0, 0.1) is 6.92 Å². The van der Waals surface area contributed by atoms with Crippen molar-refractivity contribution in [3.05, 3.63) is 35.4 Å². The number of hydrogen-bond donors (Lipinski definition) is 2. The van der Waals surface area contributed by atoms with Crippen LogP contribution in [0.2, 0.25) is 0 Å². The summed E-state index contributed by atoms with van der Waals surface area (Å²) in [5.41, 5.74) is 7.47. The third kappa shape index (κ3) is 6.14. The molecule has 0 aromatic heterocycles. The largest absolute Gasteiger partial charge is 0.466 e. The van der Waals surface area contributed by atoms with Gasteiger partial charge in [-0.3, -0.25) is 9.59 Å². The number of amides is 1. The highest BCUT2D eigenvalue weighted by molar-refractivity contribution is 5.85. The van der Waals surface area contributed by atoms with Crippen molar-refractivity contribution >= 4 is 24.3 Å². The van der Waals surface area contributed by atoms with Gasteiger partial charge in [0.2, 0.25) is 5.91 Å². The molecule has 1 unspecified atom stereocenters. The highest BCUT2D eigenvalue weighted by Crippen LogP contribution is 2.21. The Balaban J connectivity index is 0.00000400. The summed E-state index contributed by atoms with van der Waals surface area (Å²) >= 11 is 0. The van der Waals surface area contributed by atoms with E-state index in [0.29, 0.717) is 6.61 Å². The zero-order chi connectivity index (χ0) is 15.1. The van der Waals surface area contributed by atoms with Crippen LogP contribution in [0.25, 0.3) is 0 Å². The average molecular weight is 315 g/mol. The van der Waals surface area contributed by atoms with Gasteiger partial charge in [0.25, 0.3) is 0 Å². The fraction of sp³-hybridized carbons (Fsp3) is 0.467. The van der Waals surface area contributed by atoms with Gasteiger partial charge in [-0.15, -0.1) is 12.4 Å². The molecule has 0 fully saturated rings. The van der Waals surface area contributed by atoms with Gasteiger partial charge in [0.1, 0.15) is 0 Å². The molecule has 0 aliphatic carbocycles. The lowest BCUT2D eigenvalue weighted by atomic mass is 9.98. The number of aryl methyl sites for hydroxylation is 1. The molecule has 6 heteroatoms. The maximum atomic E-state index is 11.8. The Bertz CT molecular complexity index is 478. The van der Waals surface area contributed by atoms with Crippen LogP contribution in [0.3, 0.4) is 0 Å². The highest BCUT2D eigenvalue weighted by Gasteiger charge is 2.21. The first-order chi connectivity index (χ1) is 9.45. The van der Waals surface area contributed by atoms with Crippen LogP contribution >= 0.6 is 12.4 Å². The summed E-state index contributed by atoms with van der Waals surface area (Å²) in [5.74, 6) is -0.631. The topological polar surface area (TPSA) is 81.4 Å². The fourth-order valence-corrected chi connectivity index (χ4v) is 1.91. The van der Waals surface area contributed by atoms with Crippen LogP contribution in [0.4, 0.5) is 0 Å². The standard InChI is InChI=1S/C15H22N2O3.ClH/c1-4-20-14(18)9-13(17-15(19)11(3)16)12-8-6-5-7-10(12)2;/h5-8,11,13H,4,9,16H2,1-3H3,(H,17,19);1H/t11-,13?;/m0./s1. The molecule has 1 rings (SSSR count). The van der Waals surface area contributed by atoms with Gasteiger partial charge in [-0.1, -0.05) is 24.3 Å². The summed E-state index contributed by atoms with van der Waals surface area (Å²) in [6.45, 7) is 5.61. The first-order valence-corrected chi connectivity index (χ1v) is 6.72. The molecular formula is C15H23ClN2O3. The van der Waals surface area contributed by atoms with Crippen molar-refractivity contribution in [3.8, 4) is 0 Å². The molecule has 3 N–H and O–H groups in total. The van der Waals surface area contributed by atoms with Crippen molar-refractivity contribution in [2.75, 3.05) is 6.61 Å². The van der Waals surface area contributed by atoms with Crippen LogP contribution in [-0.4, -0.2) is 24.5 Å². The van der Waals surface area contributed by atoms with Crippen LogP contribution in [-0.2, 0) is 14.3 Å². The summed E-state index contributed by atoms with van der Waals surface area (Å²) in [4.78, 5) is 23.5. The van der Waals surface area contributed by atoms with Crippen molar-refractivity contribution in [1.82, 2.24) is 5.32 Å². The van der Waals surface area contributed by atoms with E-state index in [2.05, 4.69) is 5.32 Å². The second-order valence-corrected chi connectivity index (χ2v) is 4.72. The van der Waals surface area contributed by atoms with E-state index >= 15 is 0 Å². The van der Waals surface area contributed by atoms with Gasteiger partial charge < -0.3 is 15.8 Å². The molecule has 0 radical (unpaired) electrons. The zero-order valence-corrected chi connectivity index (χ0v) is 13.4. The number of hydrogen-bond acceptors (Lipinski definition) is 4. The van der Waals surface area contributed by atoms with Crippen LogP contribution in [0.15, 0.2) is 24.3 Å². The number of carbonyl (C=O) groups is 2. The van der Waals surface area contributed by atoms with E-state index in [1.165, 1.54) is 0 Å². The Morgan fingerprint density at radius 2 is 1.95 bits per heavy atom. The Hall–Kier alpha value is -1.59. The number of carbonyl (C=O) groups excluding carboxylic acids is 2. The van der Waals surface area contributed by atoms with Gasteiger partial charge in [-0.2, -0.15) is 0 Å². The molecule has 0 spiro atoms. The van der Waals surface area contributed by atoms with Crippen LogP contribution in [0.1, 0.15) is 37.4 Å². The van der Waals surface area contributed by atoms with E-state index in [0.717, 1.165) is 11.1 Å². The van der Waals surface area contributed by atoms with E-state index in [9.17, 15) is 9.59 Å². The molecule has 0 saturated heterocycles. The molecule has 118 valence electrons. The molecule has 1 amide bonds. The molecule has 0 aliphatic rings. The maximum Gasteiger partial charge on any atom is 0.308 e. The number of nitrogens with two attached hydrogens (primary N) is 1. The van der Waals surface area contributed by atoms with Crippen molar-refractivity contribution in [1.29, 1.82) is 0 Å². The van der Waals surface area contributed by atoms with Gasteiger partial charge in [0.15, 0.2) is 0 Å². The van der Waals surface area contributed by atoms with Gasteiger partial charge in [0, 0.05) is 0 Å². The molecule has 0 bridgehead atoms. The Labute approximate surface area is 131 Å². The Morgan fingerprint density at radius 3 is 2.48 bits per heavy atom. The lowest BCUT2D eigenvalue weighted by Gasteiger charge is -2.21. The van der Waals surface area contributed by atoms with E-state index in [-0.39, 0.29) is 30.7 Å². The molecular weight excluding hydrogens is 292 g/mol. The summed E-state index contributed by atoms with van der Waals surface area (Å²) in [6, 6.07) is 6.57. The van der Waals surface area contributed by atoms with Gasteiger partial charge >= 0.3 is 5.97 Å². The second kappa shape index (κ2) is 9.37. The van der Waals surface area contributed by atoms with E-state index in [4.69, 9.17) is 10.5 Å². The molecule has 0 heterocycles. The van der Waals surface area contributed by atoms with Crippen molar-refractivity contribution in [2.24, 2.45) is 5.73 Å². The van der Waals surface area contributed by atoms with Crippen molar-refractivity contribution in [2.45, 2.75) is 39.3 Å². The molecule has 0 aliphatic heterocycles. The zero-order valence-electron chi connectivity index (χ0n) is 12.6. The lowest BCUT2D eigenvalue weighted by Crippen LogP contribution is -2.41. The van der Waals surface area contributed by atoms with Crippen LogP contribution in [0.5, 0.6) is 0 Å². The summed E-state index contributed by atoms with van der Waals surface area (Å²) < 4.78 is 4.95.